The molecule has 0 aromatic heterocycles. The molecule has 0 heterocycles. The van der Waals surface area contributed by atoms with Gasteiger partial charge in [-0.25, -0.2) is 9.59 Å². The summed E-state index contributed by atoms with van der Waals surface area (Å²) >= 11 is 0. The molecule has 0 aliphatic carbocycles. The fourth-order valence-electron chi connectivity index (χ4n) is 3.56. The van der Waals surface area contributed by atoms with Crippen molar-refractivity contribution in [1.82, 2.24) is 0 Å². The van der Waals surface area contributed by atoms with Crippen LogP contribution in [0.3, 0.4) is 0 Å². The predicted octanol–water partition coefficient (Wildman–Crippen LogP) is 5.73. The van der Waals surface area contributed by atoms with Crippen LogP contribution in [-0.2, 0) is 25.5 Å². The smallest absolute Gasteiger partial charge is 0.374 e. The molecule has 0 fully saturated rings. The maximum absolute atomic E-state index is 12.9. The van der Waals surface area contributed by atoms with Crippen LogP contribution in [-0.4, -0.2) is 37.7 Å². The van der Waals surface area contributed by atoms with Crippen molar-refractivity contribution in [2.24, 2.45) is 0 Å². The summed E-state index contributed by atoms with van der Waals surface area (Å²) in [6, 6.07) is 23.7. The molecule has 0 aliphatic rings. The number of benzene rings is 3. The second-order valence-electron chi connectivity index (χ2n) is 8.35. The minimum absolute atomic E-state index is 0.0914. The molecule has 0 aliphatic heterocycles. The minimum Gasteiger partial charge on any atom is -0.494 e. The number of nitrogens with one attached hydrogen (secondary N) is 1. The average Bonchev–Trinajstić information content (AvgIpc) is 2.94. The third-order valence-corrected chi connectivity index (χ3v) is 5.46. The first kappa shape index (κ1) is 29.0. The van der Waals surface area contributed by atoms with Crippen LogP contribution in [0.25, 0.3) is 0 Å². The zero-order chi connectivity index (χ0) is 27.9. The molecule has 0 spiro atoms. The molecular weight excluding hydrogens is 498 g/mol. The largest absolute Gasteiger partial charge is 0.494 e. The Morgan fingerprint density at radius 3 is 2.21 bits per heavy atom. The van der Waals surface area contributed by atoms with Gasteiger partial charge in [0.2, 0.25) is 5.76 Å². The Morgan fingerprint density at radius 2 is 1.49 bits per heavy atom. The first-order valence-electron chi connectivity index (χ1n) is 12.9. The highest BCUT2D eigenvalue weighted by Gasteiger charge is 2.19. The lowest BCUT2D eigenvalue weighted by atomic mass is 10.1. The first-order valence-corrected chi connectivity index (χ1v) is 12.9. The predicted molar refractivity (Wildman–Crippen MR) is 148 cm³/mol. The van der Waals surface area contributed by atoms with Gasteiger partial charge < -0.3 is 24.3 Å². The van der Waals surface area contributed by atoms with Crippen LogP contribution in [0, 0.1) is 0 Å². The van der Waals surface area contributed by atoms with Gasteiger partial charge in [-0.2, -0.15) is 0 Å². The molecule has 0 saturated carbocycles. The first-order chi connectivity index (χ1) is 19.0. The van der Waals surface area contributed by atoms with Crippen molar-refractivity contribution in [2.45, 2.75) is 33.1 Å². The Labute approximate surface area is 228 Å². The van der Waals surface area contributed by atoms with Crippen LogP contribution >= 0.6 is 0 Å². The number of ether oxygens (including phenoxy) is 4. The number of carbonyl (C=O) groups is 3. The number of hydrogen-bond donors (Lipinski definition) is 1. The number of unbranched alkanes of at least 4 members (excludes halogenated alkanes) is 1. The van der Waals surface area contributed by atoms with Crippen LogP contribution in [0.2, 0.25) is 0 Å². The second kappa shape index (κ2) is 15.6. The normalized spacial score (nSPS) is 10.9. The molecule has 3 aromatic carbocycles. The molecule has 0 saturated heterocycles. The lowest BCUT2D eigenvalue weighted by Crippen LogP contribution is -2.17. The molecule has 0 unspecified atom stereocenters. The maximum Gasteiger partial charge on any atom is 0.374 e. The second-order valence-corrected chi connectivity index (χ2v) is 8.35. The molecule has 0 radical (unpaired) electrons. The van der Waals surface area contributed by atoms with Gasteiger partial charge in [-0.1, -0.05) is 42.5 Å². The van der Waals surface area contributed by atoms with Gasteiger partial charge >= 0.3 is 11.9 Å². The Hall–Kier alpha value is -4.59. The molecule has 1 N–H and O–H groups in total. The Bertz CT molecular complexity index is 1250. The third-order valence-electron chi connectivity index (χ3n) is 5.46. The summed E-state index contributed by atoms with van der Waals surface area (Å²) in [5.41, 5.74) is 2.03. The number of aryl methyl sites for hydroxylation is 1. The number of para-hydroxylation sites is 2. The fraction of sp³-hybridized carbons (Fsp3) is 0.258. The van der Waals surface area contributed by atoms with Gasteiger partial charge in [-0.3, -0.25) is 4.79 Å². The van der Waals surface area contributed by atoms with E-state index in [1.54, 1.807) is 62.4 Å². The van der Waals surface area contributed by atoms with E-state index in [0.717, 1.165) is 25.3 Å². The number of carbonyl (C=O) groups excluding carboxylic acids is 3. The summed E-state index contributed by atoms with van der Waals surface area (Å²) in [4.78, 5) is 37.2. The molecular formula is C31H33NO7. The van der Waals surface area contributed by atoms with Crippen molar-refractivity contribution in [3.8, 4) is 11.5 Å². The molecule has 3 aromatic rings. The van der Waals surface area contributed by atoms with E-state index in [9.17, 15) is 14.4 Å². The molecule has 204 valence electrons. The zero-order valence-electron chi connectivity index (χ0n) is 22.2. The molecule has 8 heteroatoms. The molecule has 0 bridgehead atoms. The van der Waals surface area contributed by atoms with Crippen LogP contribution < -0.4 is 14.8 Å². The molecule has 0 atom stereocenters. The van der Waals surface area contributed by atoms with E-state index >= 15 is 0 Å². The quantitative estimate of drug-likeness (QED) is 0.123. The summed E-state index contributed by atoms with van der Waals surface area (Å²) in [5, 5.41) is 2.78. The van der Waals surface area contributed by atoms with E-state index < -0.39 is 11.9 Å². The molecule has 3 rings (SSSR count). The monoisotopic (exact) mass is 531 g/mol. The van der Waals surface area contributed by atoms with Gasteiger partial charge in [0.25, 0.3) is 5.91 Å². The highest BCUT2D eigenvalue weighted by molar-refractivity contribution is 6.05. The van der Waals surface area contributed by atoms with Crippen molar-refractivity contribution in [1.29, 1.82) is 0 Å². The highest BCUT2D eigenvalue weighted by atomic mass is 16.6. The van der Waals surface area contributed by atoms with E-state index in [2.05, 4.69) is 17.4 Å². The third kappa shape index (κ3) is 9.66. The van der Waals surface area contributed by atoms with Crippen molar-refractivity contribution < 1.29 is 33.3 Å². The van der Waals surface area contributed by atoms with Gasteiger partial charge in [0.1, 0.15) is 5.75 Å². The molecule has 8 nitrogen and oxygen atoms in total. The number of anilines is 1. The van der Waals surface area contributed by atoms with E-state index in [-0.39, 0.29) is 30.6 Å². The summed E-state index contributed by atoms with van der Waals surface area (Å²) in [5.74, 6) is -1.49. The summed E-state index contributed by atoms with van der Waals surface area (Å²) in [6.07, 6.45) is 3.88. The van der Waals surface area contributed by atoms with Crippen LogP contribution in [0.4, 0.5) is 5.69 Å². The molecule has 1 amide bonds. The average molecular weight is 532 g/mol. The van der Waals surface area contributed by atoms with Crippen LogP contribution in [0.15, 0.2) is 90.7 Å². The van der Waals surface area contributed by atoms with Crippen molar-refractivity contribution in [3.05, 3.63) is 102 Å². The topological polar surface area (TPSA) is 100 Å². The van der Waals surface area contributed by atoms with Crippen molar-refractivity contribution in [3.63, 3.8) is 0 Å². The standard InChI is InChI=1S/C31H33NO7/c1-3-36-29(33)22-28(31(35)37-4-2)39-27-16-9-8-15-26(27)32-30(34)24-17-19-25(20-18-24)38-21-11-10-14-23-12-6-5-7-13-23/h5-9,12-13,15-20,22H,3-4,10-11,14,21H2,1-2H3,(H,32,34)/b28-22-. The Morgan fingerprint density at radius 1 is 0.795 bits per heavy atom. The fourth-order valence-corrected chi connectivity index (χ4v) is 3.56. The van der Waals surface area contributed by atoms with E-state index in [4.69, 9.17) is 18.9 Å². The van der Waals surface area contributed by atoms with Crippen molar-refractivity contribution >= 4 is 23.5 Å². The SMILES string of the molecule is CCOC(=O)/C=C(\Oc1ccccc1NC(=O)c1ccc(OCCCCc2ccccc2)cc1)C(=O)OCC. The minimum atomic E-state index is -0.831. The van der Waals surface area contributed by atoms with Crippen LogP contribution in [0.1, 0.15) is 42.6 Å². The number of esters is 2. The Balaban J connectivity index is 1.58. The van der Waals surface area contributed by atoms with Crippen molar-refractivity contribution in [2.75, 3.05) is 25.1 Å². The van der Waals surface area contributed by atoms with E-state index in [0.29, 0.717) is 23.6 Å². The van der Waals surface area contributed by atoms with Gasteiger partial charge in [-0.15, -0.1) is 0 Å². The maximum atomic E-state index is 12.9. The van der Waals surface area contributed by atoms with Gasteiger partial charge in [0.15, 0.2) is 5.75 Å². The van der Waals surface area contributed by atoms with Gasteiger partial charge in [0, 0.05) is 5.56 Å². The Kier molecular flexibility index (Phi) is 11.6. The highest BCUT2D eigenvalue weighted by Crippen LogP contribution is 2.27. The summed E-state index contributed by atoms with van der Waals surface area (Å²) in [6.45, 7) is 4.10. The lowest BCUT2D eigenvalue weighted by Gasteiger charge is -2.14. The summed E-state index contributed by atoms with van der Waals surface area (Å²) < 4.78 is 21.3. The van der Waals surface area contributed by atoms with E-state index in [1.165, 1.54) is 5.56 Å². The number of hydrogen-bond acceptors (Lipinski definition) is 7. The van der Waals surface area contributed by atoms with Gasteiger partial charge in [0.05, 0.1) is 31.6 Å². The zero-order valence-corrected chi connectivity index (χ0v) is 22.2. The van der Waals surface area contributed by atoms with Gasteiger partial charge in [-0.05, 0) is 75.1 Å². The van der Waals surface area contributed by atoms with E-state index in [1.807, 2.05) is 18.2 Å². The van der Waals surface area contributed by atoms with Crippen LogP contribution in [0.5, 0.6) is 11.5 Å². The summed E-state index contributed by atoms with van der Waals surface area (Å²) in [7, 11) is 0. The number of rotatable bonds is 14. The lowest BCUT2D eigenvalue weighted by molar-refractivity contribution is -0.143. The number of amides is 1. The molecule has 39 heavy (non-hydrogen) atoms.